The summed E-state index contributed by atoms with van der Waals surface area (Å²) < 4.78 is 13.4. The van der Waals surface area contributed by atoms with Gasteiger partial charge < -0.3 is 14.6 Å². The Kier molecular flexibility index (Phi) is 7.07. The Bertz CT molecular complexity index is 1310. The topological polar surface area (TPSA) is 104 Å². The molecule has 0 saturated heterocycles. The number of aliphatic hydroxyl groups excluding tert-OH is 1. The Balaban J connectivity index is 1.24. The fourth-order valence-corrected chi connectivity index (χ4v) is 10.3. The molecule has 8 heteroatoms. The smallest absolute Gasteiger partial charge is 0.312 e. The lowest BCUT2D eigenvalue weighted by Crippen LogP contribution is -2.60. The molecule has 222 valence electrons. The third-order valence-electron chi connectivity index (χ3n) is 12.0. The number of fused-ring (bicyclic) bond motifs is 3. The van der Waals surface area contributed by atoms with E-state index in [0.29, 0.717) is 42.0 Å². The van der Waals surface area contributed by atoms with Crippen LogP contribution in [0.5, 0.6) is 5.75 Å². The van der Waals surface area contributed by atoms with Crippen LogP contribution in [0.25, 0.3) is 0 Å². The Morgan fingerprint density at radius 2 is 1.95 bits per heavy atom. The van der Waals surface area contributed by atoms with E-state index in [-0.39, 0.29) is 34.7 Å². The second-order valence-corrected chi connectivity index (χ2v) is 14.2. The Morgan fingerprint density at radius 3 is 2.73 bits per heavy atom. The first-order valence-electron chi connectivity index (χ1n) is 15.5. The van der Waals surface area contributed by atoms with Gasteiger partial charge >= 0.3 is 5.97 Å². The van der Waals surface area contributed by atoms with E-state index in [1.807, 2.05) is 23.9 Å². The van der Waals surface area contributed by atoms with Gasteiger partial charge in [0.1, 0.15) is 24.3 Å². The molecule has 8 atom stereocenters. The minimum Gasteiger partial charge on any atom is -0.487 e. The highest BCUT2D eigenvalue weighted by Crippen LogP contribution is 2.75. The molecule has 0 amide bonds. The molecule has 2 bridgehead atoms. The summed E-state index contributed by atoms with van der Waals surface area (Å²) in [6, 6.07) is 7.07. The number of esters is 1. The molecule has 4 fully saturated rings. The van der Waals surface area contributed by atoms with Crippen LogP contribution in [0, 0.1) is 39.4 Å². The first-order chi connectivity index (χ1) is 19.6. The van der Waals surface area contributed by atoms with Gasteiger partial charge in [0.05, 0.1) is 24.3 Å². The van der Waals surface area contributed by atoms with Crippen LogP contribution in [-0.4, -0.2) is 45.1 Å². The van der Waals surface area contributed by atoms with Crippen LogP contribution in [0.15, 0.2) is 30.5 Å². The minimum absolute atomic E-state index is 0.0163. The van der Waals surface area contributed by atoms with Crippen LogP contribution in [-0.2, 0) is 22.7 Å². The summed E-state index contributed by atoms with van der Waals surface area (Å²) in [4.78, 5) is 24.4. The number of rotatable bonds is 8. The number of nitrogens with zero attached hydrogens (tertiary/aromatic N) is 3. The van der Waals surface area contributed by atoms with Crippen molar-refractivity contribution in [2.75, 3.05) is 6.61 Å². The Morgan fingerprint density at radius 1 is 1.15 bits per heavy atom. The maximum atomic E-state index is 13.3. The third kappa shape index (κ3) is 4.43. The van der Waals surface area contributed by atoms with Gasteiger partial charge in [-0.25, -0.2) is 0 Å². The zero-order valence-electron chi connectivity index (χ0n) is 25.0. The van der Waals surface area contributed by atoms with Crippen molar-refractivity contribution in [2.24, 2.45) is 39.4 Å². The lowest BCUT2D eigenvalue weighted by atomic mass is 9.39. The SMILES string of the molecule is CCOC(=O)[C@]1(C)CCC[C@@]2(C)[C@@H]3CC[C@@]4(C)C[C@]3(CC[C@@H]21)[C@H](Cn1cc(COc2cccc(C=O)c2)nn1)[C@H]4O. The zero-order chi connectivity index (χ0) is 29.0. The molecule has 4 aliphatic carbocycles. The van der Waals surface area contributed by atoms with E-state index >= 15 is 0 Å². The van der Waals surface area contributed by atoms with Crippen LogP contribution in [0.1, 0.15) is 95.1 Å². The number of aliphatic hydroxyl groups is 1. The number of hydrogen-bond donors (Lipinski definition) is 1. The third-order valence-corrected chi connectivity index (χ3v) is 12.0. The van der Waals surface area contributed by atoms with Gasteiger partial charge in [-0.2, -0.15) is 0 Å². The predicted molar refractivity (Wildman–Crippen MR) is 153 cm³/mol. The summed E-state index contributed by atoms with van der Waals surface area (Å²) in [5.74, 6) is 1.42. The predicted octanol–water partition coefficient (Wildman–Crippen LogP) is 5.62. The normalized spacial score (nSPS) is 39.4. The van der Waals surface area contributed by atoms with E-state index in [9.17, 15) is 14.7 Å². The maximum Gasteiger partial charge on any atom is 0.312 e. The van der Waals surface area contributed by atoms with Gasteiger partial charge in [-0.3, -0.25) is 14.3 Å². The molecule has 2 aromatic rings. The van der Waals surface area contributed by atoms with Crippen LogP contribution >= 0.6 is 0 Å². The molecule has 1 N–H and O–H groups in total. The average molecular weight is 564 g/mol. The van der Waals surface area contributed by atoms with E-state index in [2.05, 4.69) is 31.1 Å². The lowest BCUT2D eigenvalue weighted by Gasteiger charge is -2.65. The Labute approximate surface area is 243 Å². The van der Waals surface area contributed by atoms with Crippen molar-refractivity contribution in [3.8, 4) is 5.75 Å². The van der Waals surface area contributed by atoms with Gasteiger partial charge in [0.2, 0.25) is 0 Å². The van der Waals surface area contributed by atoms with Crippen molar-refractivity contribution in [3.05, 3.63) is 41.7 Å². The van der Waals surface area contributed by atoms with Crippen molar-refractivity contribution in [2.45, 2.75) is 98.3 Å². The highest BCUT2D eigenvalue weighted by atomic mass is 16.5. The molecule has 4 aliphatic rings. The van der Waals surface area contributed by atoms with Crippen LogP contribution in [0.4, 0.5) is 0 Å². The first kappa shape index (κ1) is 28.4. The van der Waals surface area contributed by atoms with Gasteiger partial charge in [0.15, 0.2) is 0 Å². The van der Waals surface area contributed by atoms with E-state index in [0.717, 1.165) is 57.7 Å². The average Bonchev–Trinajstić information content (AvgIpc) is 3.46. The van der Waals surface area contributed by atoms with Crippen molar-refractivity contribution < 1.29 is 24.2 Å². The standard InChI is InChI=1S/C33H45N3O5/c1-5-40-29(39)32(4)13-7-12-31(3)26(32)11-15-33-21-30(2,14-10-27(31)33)28(38)25(33)18-36-17-23(34-35-36)20-41-24-9-6-8-22(16-24)19-37/h6,8-9,16-17,19,25-28,38H,5,7,10-15,18,20-21H2,1-4H3/t25-,26+,27+,28-,30+,31-,32-,33-/m1/s1. The van der Waals surface area contributed by atoms with Gasteiger partial charge in [-0.1, -0.05) is 37.6 Å². The lowest BCUT2D eigenvalue weighted by molar-refractivity contribution is -0.192. The van der Waals surface area contributed by atoms with Gasteiger partial charge in [-0.05, 0) is 99.0 Å². The summed E-state index contributed by atoms with van der Waals surface area (Å²) in [5, 5.41) is 20.7. The molecule has 1 heterocycles. The van der Waals surface area contributed by atoms with E-state index in [1.165, 1.54) is 0 Å². The second-order valence-electron chi connectivity index (χ2n) is 14.2. The van der Waals surface area contributed by atoms with Gasteiger partial charge in [-0.15, -0.1) is 5.10 Å². The first-order valence-corrected chi connectivity index (χ1v) is 15.5. The van der Waals surface area contributed by atoms with Crippen molar-refractivity contribution in [1.29, 1.82) is 0 Å². The maximum absolute atomic E-state index is 13.3. The number of ether oxygens (including phenoxy) is 2. The van der Waals surface area contributed by atoms with E-state index in [4.69, 9.17) is 9.47 Å². The molecule has 1 aromatic heterocycles. The summed E-state index contributed by atoms with van der Waals surface area (Å²) in [6.07, 6.45) is 10.6. The summed E-state index contributed by atoms with van der Waals surface area (Å²) in [6.45, 7) is 10.1. The molecule has 1 spiro atoms. The molecular formula is C33H45N3O5. The number of aldehydes is 1. The number of benzene rings is 1. The molecule has 6 rings (SSSR count). The fourth-order valence-electron chi connectivity index (χ4n) is 10.3. The molecule has 0 unspecified atom stereocenters. The zero-order valence-corrected chi connectivity index (χ0v) is 25.0. The number of carbonyl (C=O) groups excluding carboxylic acids is 2. The summed E-state index contributed by atoms with van der Waals surface area (Å²) in [5.41, 5.74) is 0.801. The number of aromatic nitrogens is 3. The van der Waals surface area contributed by atoms with Crippen molar-refractivity contribution >= 4 is 12.3 Å². The minimum atomic E-state index is -0.440. The molecule has 41 heavy (non-hydrogen) atoms. The summed E-state index contributed by atoms with van der Waals surface area (Å²) in [7, 11) is 0. The summed E-state index contributed by atoms with van der Waals surface area (Å²) >= 11 is 0. The molecular weight excluding hydrogens is 518 g/mol. The quantitative estimate of drug-likeness (QED) is 0.328. The number of hydrogen-bond acceptors (Lipinski definition) is 7. The van der Waals surface area contributed by atoms with E-state index < -0.39 is 11.5 Å². The van der Waals surface area contributed by atoms with Gasteiger partial charge in [0.25, 0.3) is 0 Å². The Hall–Kier alpha value is -2.74. The van der Waals surface area contributed by atoms with Crippen molar-refractivity contribution in [3.63, 3.8) is 0 Å². The fraction of sp³-hybridized carbons (Fsp3) is 0.697. The highest BCUT2D eigenvalue weighted by Gasteiger charge is 2.71. The van der Waals surface area contributed by atoms with Crippen LogP contribution in [0.3, 0.4) is 0 Å². The van der Waals surface area contributed by atoms with Crippen LogP contribution < -0.4 is 4.74 Å². The molecule has 8 nitrogen and oxygen atoms in total. The van der Waals surface area contributed by atoms with Crippen LogP contribution in [0.2, 0.25) is 0 Å². The molecule has 0 aliphatic heterocycles. The molecule has 0 radical (unpaired) electrons. The van der Waals surface area contributed by atoms with E-state index in [1.54, 1.807) is 18.2 Å². The molecule has 4 saturated carbocycles. The number of carbonyl (C=O) groups is 2. The highest BCUT2D eigenvalue weighted by molar-refractivity contribution is 5.77. The van der Waals surface area contributed by atoms with Crippen molar-refractivity contribution in [1.82, 2.24) is 15.0 Å². The monoisotopic (exact) mass is 563 g/mol. The second kappa shape index (κ2) is 10.2. The largest absolute Gasteiger partial charge is 0.487 e. The van der Waals surface area contributed by atoms with Gasteiger partial charge in [0, 0.05) is 18.0 Å². The molecule has 1 aromatic carbocycles.